The van der Waals surface area contributed by atoms with E-state index in [1.165, 1.54) is 16.8 Å². The van der Waals surface area contributed by atoms with Crippen LogP contribution in [0.4, 0.5) is 36.4 Å². The van der Waals surface area contributed by atoms with Gasteiger partial charge in [0.1, 0.15) is 18.1 Å². The van der Waals surface area contributed by atoms with Crippen LogP contribution in [0.5, 0.6) is 0 Å². The molecule has 0 aliphatic heterocycles. The Morgan fingerprint density at radius 1 is 0.960 bits per heavy atom. The number of ether oxygens (including phenoxy) is 1. The van der Waals surface area contributed by atoms with Crippen LogP contribution >= 0.6 is 0 Å². The van der Waals surface area contributed by atoms with Crippen LogP contribution in [0.1, 0.15) is 43.2 Å². The minimum atomic E-state index is -4.95. The predicted octanol–water partition coefficient (Wildman–Crippen LogP) is 7.57. The number of aromatic nitrogens is 5. The highest BCUT2D eigenvalue weighted by Gasteiger charge is 2.39. The average molecular weight is 727 g/mol. The molecule has 0 unspecified atom stereocenters. The fourth-order valence-electron chi connectivity index (χ4n) is 6.01. The Balaban J connectivity index is 1.32. The van der Waals surface area contributed by atoms with Crippen molar-refractivity contribution in [3.05, 3.63) is 80.6 Å². The topological polar surface area (TPSA) is 104 Å². The number of fused-ring (bicyclic) bond motifs is 1. The number of nitrogens with zero attached hydrogens (tertiary/aromatic N) is 5. The van der Waals surface area contributed by atoms with E-state index in [-0.39, 0.29) is 29.2 Å². The Labute approximate surface area is 283 Å². The van der Waals surface area contributed by atoms with Crippen molar-refractivity contribution in [2.45, 2.75) is 89.5 Å². The zero-order chi connectivity index (χ0) is 36.4. The van der Waals surface area contributed by atoms with Gasteiger partial charge >= 0.3 is 12.4 Å². The van der Waals surface area contributed by atoms with Crippen LogP contribution in [0.2, 0.25) is 25.7 Å². The third kappa shape index (κ3) is 8.78. The van der Waals surface area contributed by atoms with E-state index < -0.39 is 66.9 Å². The van der Waals surface area contributed by atoms with Crippen molar-refractivity contribution in [1.29, 1.82) is 0 Å². The molecule has 50 heavy (non-hydrogen) atoms. The molecule has 4 aromatic rings. The van der Waals surface area contributed by atoms with Crippen molar-refractivity contribution >= 4 is 24.5 Å². The van der Waals surface area contributed by atoms with Crippen molar-refractivity contribution in [3.8, 4) is 11.4 Å². The zero-order valence-electron chi connectivity index (χ0n) is 27.7. The van der Waals surface area contributed by atoms with Gasteiger partial charge in [-0.3, -0.25) is 9.59 Å². The van der Waals surface area contributed by atoms with Gasteiger partial charge in [0.2, 0.25) is 0 Å². The maximum atomic E-state index is 15.1. The summed E-state index contributed by atoms with van der Waals surface area (Å²) in [5, 5.41) is 7.25. The van der Waals surface area contributed by atoms with E-state index in [4.69, 9.17) is 4.74 Å². The number of rotatable bonds is 11. The molecule has 1 saturated carbocycles. The summed E-state index contributed by atoms with van der Waals surface area (Å²) in [6.07, 6.45) is -2.80. The molecule has 3 heterocycles. The number of nitrogens with one attached hydrogen (secondary N) is 1. The van der Waals surface area contributed by atoms with Gasteiger partial charge in [0.25, 0.3) is 11.1 Å². The van der Waals surface area contributed by atoms with Gasteiger partial charge in [-0.15, -0.1) is 0 Å². The molecule has 270 valence electrons. The molecule has 5 rings (SSSR count). The van der Waals surface area contributed by atoms with Gasteiger partial charge in [-0.1, -0.05) is 32.5 Å². The van der Waals surface area contributed by atoms with E-state index in [9.17, 15) is 35.9 Å². The summed E-state index contributed by atoms with van der Waals surface area (Å²) in [5.41, 5.74) is -4.83. The molecule has 3 aromatic heterocycles. The predicted molar refractivity (Wildman–Crippen MR) is 176 cm³/mol. The maximum Gasteiger partial charge on any atom is 0.423 e. The molecule has 0 amide bonds. The molecule has 0 radical (unpaired) electrons. The van der Waals surface area contributed by atoms with E-state index >= 15 is 4.39 Å². The summed E-state index contributed by atoms with van der Waals surface area (Å²) in [6, 6.07) is 4.18. The van der Waals surface area contributed by atoms with E-state index in [1.54, 1.807) is 6.07 Å². The molecule has 1 aliphatic carbocycles. The van der Waals surface area contributed by atoms with E-state index in [2.05, 4.69) is 40.0 Å². The molecule has 9 nitrogen and oxygen atoms in total. The first kappa shape index (κ1) is 37.1. The molecule has 17 heteroatoms. The summed E-state index contributed by atoms with van der Waals surface area (Å²) in [6.45, 7) is 6.49. The van der Waals surface area contributed by atoms with E-state index in [0.29, 0.717) is 48.3 Å². The number of pyridine rings is 1. The number of aryl methyl sites for hydroxylation is 1. The third-order valence-electron chi connectivity index (χ3n) is 8.81. The highest BCUT2D eigenvalue weighted by molar-refractivity contribution is 6.76. The van der Waals surface area contributed by atoms with Crippen LogP contribution in [0.15, 0.2) is 52.6 Å². The number of hydrogen-bond acceptors (Lipinski definition) is 7. The maximum absolute atomic E-state index is 15.1. The Morgan fingerprint density at radius 3 is 2.32 bits per heavy atom. The minimum absolute atomic E-state index is 0.0323. The minimum Gasteiger partial charge on any atom is -0.380 e. The van der Waals surface area contributed by atoms with Crippen molar-refractivity contribution in [3.63, 3.8) is 0 Å². The lowest BCUT2D eigenvalue weighted by Crippen LogP contribution is -2.37. The molecule has 2 atom stereocenters. The fourth-order valence-corrected chi connectivity index (χ4v) is 6.76. The fraction of sp³-hybridized carbons (Fsp3) is 0.485. The highest BCUT2D eigenvalue weighted by atomic mass is 28.3. The summed E-state index contributed by atoms with van der Waals surface area (Å²) in [4.78, 5) is 33.6. The van der Waals surface area contributed by atoms with Crippen LogP contribution in [0, 0.1) is 11.7 Å². The van der Waals surface area contributed by atoms with Crippen LogP contribution in [0.3, 0.4) is 0 Å². The number of halogens is 7. The van der Waals surface area contributed by atoms with E-state index in [0.717, 1.165) is 31.1 Å². The summed E-state index contributed by atoms with van der Waals surface area (Å²) in [5.74, 6) is -1.32. The third-order valence-corrected chi connectivity index (χ3v) is 10.5. The summed E-state index contributed by atoms with van der Waals surface area (Å²) < 4.78 is 104. The first-order valence-electron chi connectivity index (χ1n) is 16.2. The first-order valence-corrected chi connectivity index (χ1v) is 19.9. The van der Waals surface area contributed by atoms with Crippen LogP contribution < -0.4 is 16.4 Å². The Kier molecular flexibility index (Phi) is 10.9. The van der Waals surface area contributed by atoms with E-state index in [1.807, 2.05) is 0 Å². The molecular weight excluding hydrogens is 689 g/mol. The van der Waals surface area contributed by atoms with Crippen molar-refractivity contribution in [2.24, 2.45) is 5.92 Å². The second-order valence-electron chi connectivity index (χ2n) is 13.7. The van der Waals surface area contributed by atoms with Crippen LogP contribution in [-0.4, -0.2) is 45.0 Å². The average Bonchev–Trinajstić information content (AvgIpc) is 3.03. The monoisotopic (exact) mass is 726 g/mol. The summed E-state index contributed by atoms with van der Waals surface area (Å²) in [7, 11) is -1.44. The largest absolute Gasteiger partial charge is 0.423 e. The lowest BCUT2D eigenvalue weighted by molar-refractivity contribution is -0.139. The van der Waals surface area contributed by atoms with Gasteiger partial charge < -0.3 is 14.6 Å². The van der Waals surface area contributed by atoms with Gasteiger partial charge in [-0.05, 0) is 54.8 Å². The van der Waals surface area contributed by atoms with Crippen molar-refractivity contribution in [1.82, 2.24) is 24.3 Å². The Bertz CT molecular complexity index is 1940. The van der Waals surface area contributed by atoms with Gasteiger partial charge in [-0.25, -0.2) is 19.0 Å². The number of alkyl halides is 6. The number of benzene rings is 1. The summed E-state index contributed by atoms with van der Waals surface area (Å²) >= 11 is 0. The van der Waals surface area contributed by atoms with Gasteiger partial charge in [0, 0.05) is 45.9 Å². The zero-order valence-corrected chi connectivity index (χ0v) is 28.7. The number of anilines is 1. The van der Waals surface area contributed by atoms with Crippen LogP contribution in [0.25, 0.3) is 22.2 Å². The Hall–Kier alpha value is -4.12. The molecule has 1 aromatic carbocycles. The standard InChI is InChI=1S/C33H37F7N6O3Si/c1-50(2,3)13-12-49-19-46-31(48)28(33(38,39)40)27(18-43-46)44-26-7-5-4-6-20(26)8-10-45-11-9-21-14-24(25(34)15-23(21)30(45)47)29-41-16-22(17-42-29)32(35,36)37/h9,11,14-18,20,26,44H,4-8,10,12-13,19H2,1-3H3/t20-,26+/m1/s1. The molecular formula is C33H37F7N6O3Si. The molecule has 1 fully saturated rings. The quantitative estimate of drug-likeness (QED) is 0.0967. The molecule has 0 spiro atoms. The highest BCUT2D eigenvalue weighted by Crippen LogP contribution is 2.36. The van der Waals surface area contributed by atoms with Crippen molar-refractivity contribution < 1.29 is 35.5 Å². The van der Waals surface area contributed by atoms with Crippen LogP contribution in [-0.2, 0) is 30.4 Å². The van der Waals surface area contributed by atoms with Crippen molar-refractivity contribution in [2.75, 3.05) is 11.9 Å². The second kappa shape index (κ2) is 14.6. The second-order valence-corrected chi connectivity index (χ2v) is 19.3. The lowest BCUT2D eigenvalue weighted by atomic mass is 9.82. The molecule has 0 bridgehead atoms. The van der Waals surface area contributed by atoms with Gasteiger partial charge in [0.05, 0.1) is 28.4 Å². The first-order chi connectivity index (χ1) is 23.4. The van der Waals surface area contributed by atoms with Gasteiger partial charge in [0.15, 0.2) is 5.82 Å². The smallest absolute Gasteiger partial charge is 0.380 e. The normalized spacial score (nSPS) is 17.3. The Morgan fingerprint density at radius 2 is 1.66 bits per heavy atom. The number of hydrogen-bond donors (Lipinski definition) is 1. The molecule has 1 aliphatic rings. The molecule has 0 saturated heterocycles. The molecule has 1 N–H and O–H groups in total. The lowest BCUT2D eigenvalue weighted by Gasteiger charge is -2.33. The SMILES string of the molecule is C[Si](C)(C)CCOCn1ncc(N[C@H]2CCCC[C@@H]2CCn2ccc3cc(-c4ncc(C(F)(F)F)cn4)c(F)cc3c2=O)c(C(F)(F)F)c1=O. The van der Waals surface area contributed by atoms with Gasteiger partial charge in [-0.2, -0.15) is 31.4 Å².